The predicted octanol–water partition coefficient (Wildman–Crippen LogP) is 1.72. The summed E-state index contributed by atoms with van der Waals surface area (Å²) in [6.07, 6.45) is 5.25. The molecule has 1 heterocycles. The molecule has 66 valence electrons. The Morgan fingerprint density at radius 1 is 1.55 bits per heavy atom. The van der Waals surface area contributed by atoms with Crippen LogP contribution in [0.3, 0.4) is 0 Å². The van der Waals surface area contributed by atoms with E-state index in [1.54, 1.807) is 0 Å². The fraction of sp³-hybridized carbons (Fsp3) is 1.00. The molecule has 0 amide bonds. The molecule has 0 spiro atoms. The van der Waals surface area contributed by atoms with Crippen molar-refractivity contribution in [3.63, 3.8) is 0 Å². The highest BCUT2D eigenvalue weighted by atomic mass is 16.5. The molecule has 1 saturated heterocycles. The molecule has 0 aromatic heterocycles. The number of hydrogen-bond donors (Lipinski definition) is 1. The van der Waals surface area contributed by atoms with Crippen LogP contribution in [0.15, 0.2) is 0 Å². The summed E-state index contributed by atoms with van der Waals surface area (Å²) in [5.41, 5.74) is 0. The lowest BCUT2D eigenvalue weighted by atomic mass is 10.0. The fourth-order valence-electron chi connectivity index (χ4n) is 1.51. The van der Waals surface area contributed by atoms with E-state index in [4.69, 9.17) is 4.74 Å². The van der Waals surface area contributed by atoms with E-state index in [0.717, 1.165) is 25.9 Å². The molecule has 1 aliphatic rings. The van der Waals surface area contributed by atoms with Gasteiger partial charge in [-0.3, -0.25) is 0 Å². The molecule has 0 radical (unpaired) electrons. The van der Waals surface area contributed by atoms with Crippen molar-refractivity contribution >= 4 is 0 Å². The van der Waals surface area contributed by atoms with Crippen LogP contribution in [-0.4, -0.2) is 23.9 Å². The SMILES string of the molecule is CCCC[C@H]1OCCC[C@@H]1O. The van der Waals surface area contributed by atoms with Gasteiger partial charge in [-0.2, -0.15) is 0 Å². The van der Waals surface area contributed by atoms with Crippen molar-refractivity contribution in [2.75, 3.05) is 6.61 Å². The molecule has 11 heavy (non-hydrogen) atoms. The molecule has 1 aliphatic heterocycles. The summed E-state index contributed by atoms with van der Waals surface area (Å²) in [7, 11) is 0. The Hall–Kier alpha value is -0.0800. The third-order valence-corrected chi connectivity index (χ3v) is 2.25. The zero-order chi connectivity index (χ0) is 8.10. The molecule has 0 unspecified atom stereocenters. The Kier molecular flexibility index (Phi) is 3.87. The van der Waals surface area contributed by atoms with Crippen molar-refractivity contribution in [2.24, 2.45) is 0 Å². The summed E-state index contributed by atoms with van der Waals surface area (Å²) in [5.74, 6) is 0. The minimum absolute atomic E-state index is 0.128. The van der Waals surface area contributed by atoms with E-state index in [-0.39, 0.29) is 12.2 Å². The first-order valence-corrected chi connectivity index (χ1v) is 4.64. The molecule has 2 atom stereocenters. The van der Waals surface area contributed by atoms with E-state index in [1.165, 1.54) is 12.8 Å². The molecule has 0 aromatic carbocycles. The second kappa shape index (κ2) is 4.73. The maximum absolute atomic E-state index is 9.47. The van der Waals surface area contributed by atoms with E-state index in [0.29, 0.717) is 0 Å². The highest BCUT2D eigenvalue weighted by molar-refractivity contribution is 4.72. The van der Waals surface area contributed by atoms with Crippen LogP contribution in [0.5, 0.6) is 0 Å². The van der Waals surface area contributed by atoms with Crippen LogP contribution >= 0.6 is 0 Å². The Labute approximate surface area is 68.6 Å². The zero-order valence-electron chi connectivity index (χ0n) is 7.25. The first kappa shape index (κ1) is 9.01. The number of unbranched alkanes of at least 4 members (excludes halogenated alkanes) is 1. The highest BCUT2D eigenvalue weighted by Gasteiger charge is 2.22. The smallest absolute Gasteiger partial charge is 0.0833 e. The van der Waals surface area contributed by atoms with E-state index >= 15 is 0 Å². The van der Waals surface area contributed by atoms with Crippen LogP contribution in [-0.2, 0) is 4.74 Å². The maximum Gasteiger partial charge on any atom is 0.0833 e. The highest BCUT2D eigenvalue weighted by Crippen LogP contribution is 2.18. The lowest BCUT2D eigenvalue weighted by molar-refractivity contribution is -0.0774. The van der Waals surface area contributed by atoms with Gasteiger partial charge < -0.3 is 9.84 Å². The second-order valence-electron chi connectivity index (χ2n) is 3.26. The second-order valence-corrected chi connectivity index (χ2v) is 3.26. The number of rotatable bonds is 3. The number of ether oxygens (including phenoxy) is 1. The zero-order valence-corrected chi connectivity index (χ0v) is 7.25. The topological polar surface area (TPSA) is 29.5 Å². The third kappa shape index (κ3) is 2.80. The van der Waals surface area contributed by atoms with E-state index < -0.39 is 0 Å². The van der Waals surface area contributed by atoms with Gasteiger partial charge in [-0.1, -0.05) is 19.8 Å². The largest absolute Gasteiger partial charge is 0.390 e. The average Bonchev–Trinajstić information content (AvgIpc) is 2.03. The van der Waals surface area contributed by atoms with E-state index in [1.807, 2.05) is 0 Å². The summed E-state index contributed by atoms with van der Waals surface area (Å²) in [6.45, 7) is 3.00. The molecule has 0 aromatic rings. The minimum atomic E-state index is -0.199. The standard InChI is InChI=1S/C9H18O2/c1-2-3-6-9-8(10)5-4-7-11-9/h8-10H,2-7H2,1H3/t8-,9+/m0/s1. The van der Waals surface area contributed by atoms with Crippen molar-refractivity contribution in [3.05, 3.63) is 0 Å². The molecule has 0 bridgehead atoms. The molecular formula is C9H18O2. The summed E-state index contributed by atoms with van der Waals surface area (Å²) >= 11 is 0. The summed E-state index contributed by atoms with van der Waals surface area (Å²) in [5, 5.41) is 9.47. The van der Waals surface area contributed by atoms with Gasteiger partial charge in [-0.15, -0.1) is 0 Å². The van der Waals surface area contributed by atoms with Gasteiger partial charge in [0.05, 0.1) is 12.2 Å². The van der Waals surface area contributed by atoms with Crippen molar-refractivity contribution in [1.29, 1.82) is 0 Å². The Balaban J connectivity index is 2.18. The first-order valence-electron chi connectivity index (χ1n) is 4.64. The van der Waals surface area contributed by atoms with Gasteiger partial charge in [0, 0.05) is 6.61 Å². The number of aliphatic hydroxyl groups excluding tert-OH is 1. The van der Waals surface area contributed by atoms with Gasteiger partial charge in [0.15, 0.2) is 0 Å². The Morgan fingerprint density at radius 2 is 2.36 bits per heavy atom. The Bertz CT molecular complexity index is 104. The maximum atomic E-state index is 9.47. The van der Waals surface area contributed by atoms with Crippen LogP contribution < -0.4 is 0 Å². The molecule has 1 N–H and O–H groups in total. The number of aliphatic hydroxyl groups is 1. The average molecular weight is 158 g/mol. The summed E-state index contributed by atoms with van der Waals surface area (Å²) < 4.78 is 5.44. The molecule has 0 saturated carbocycles. The van der Waals surface area contributed by atoms with Gasteiger partial charge in [-0.05, 0) is 19.3 Å². The lowest BCUT2D eigenvalue weighted by Gasteiger charge is -2.27. The van der Waals surface area contributed by atoms with Crippen LogP contribution in [0.25, 0.3) is 0 Å². The molecule has 2 heteroatoms. The van der Waals surface area contributed by atoms with Crippen molar-refractivity contribution in [3.8, 4) is 0 Å². The molecule has 0 aliphatic carbocycles. The van der Waals surface area contributed by atoms with Gasteiger partial charge in [0.1, 0.15) is 0 Å². The van der Waals surface area contributed by atoms with E-state index in [9.17, 15) is 5.11 Å². The van der Waals surface area contributed by atoms with Crippen LogP contribution in [0.2, 0.25) is 0 Å². The monoisotopic (exact) mass is 158 g/mol. The normalized spacial score (nSPS) is 32.2. The van der Waals surface area contributed by atoms with Gasteiger partial charge in [0.2, 0.25) is 0 Å². The van der Waals surface area contributed by atoms with Crippen molar-refractivity contribution in [1.82, 2.24) is 0 Å². The molecule has 1 rings (SSSR count). The van der Waals surface area contributed by atoms with Gasteiger partial charge in [-0.25, -0.2) is 0 Å². The molecule has 1 fully saturated rings. The summed E-state index contributed by atoms with van der Waals surface area (Å²) in [6, 6.07) is 0. The quantitative estimate of drug-likeness (QED) is 0.677. The Morgan fingerprint density at radius 3 is 3.00 bits per heavy atom. The predicted molar refractivity (Wildman–Crippen MR) is 44.5 cm³/mol. The number of hydrogen-bond acceptors (Lipinski definition) is 2. The molecule has 2 nitrogen and oxygen atoms in total. The lowest BCUT2D eigenvalue weighted by Crippen LogP contribution is -2.33. The minimum Gasteiger partial charge on any atom is -0.390 e. The van der Waals surface area contributed by atoms with Gasteiger partial charge >= 0.3 is 0 Å². The van der Waals surface area contributed by atoms with Crippen LogP contribution in [0.4, 0.5) is 0 Å². The van der Waals surface area contributed by atoms with Crippen molar-refractivity contribution in [2.45, 2.75) is 51.2 Å². The van der Waals surface area contributed by atoms with Crippen LogP contribution in [0, 0.1) is 0 Å². The van der Waals surface area contributed by atoms with E-state index in [2.05, 4.69) is 6.92 Å². The fourth-order valence-corrected chi connectivity index (χ4v) is 1.51. The first-order chi connectivity index (χ1) is 5.34. The third-order valence-electron chi connectivity index (χ3n) is 2.25. The van der Waals surface area contributed by atoms with Crippen molar-refractivity contribution < 1.29 is 9.84 Å². The molecular weight excluding hydrogens is 140 g/mol. The van der Waals surface area contributed by atoms with Crippen LogP contribution in [0.1, 0.15) is 39.0 Å². The van der Waals surface area contributed by atoms with Gasteiger partial charge in [0.25, 0.3) is 0 Å². The summed E-state index contributed by atoms with van der Waals surface area (Å²) in [4.78, 5) is 0.